The van der Waals surface area contributed by atoms with Gasteiger partial charge in [-0.05, 0) is 23.6 Å². The van der Waals surface area contributed by atoms with Crippen LogP contribution in [-0.4, -0.2) is 0 Å². The van der Waals surface area contributed by atoms with E-state index in [-0.39, 0.29) is 5.63 Å². The normalized spacial score (nSPS) is 9.20. The van der Waals surface area contributed by atoms with Gasteiger partial charge in [-0.15, -0.1) is 11.3 Å². The molecule has 2 heterocycles. The van der Waals surface area contributed by atoms with Gasteiger partial charge in [-0.3, -0.25) is 0 Å². The van der Waals surface area contributed by atoms with Crippen molar-refractivity contribution in [3.63, 3.8) is 0 Å². The fraction of sp³-hybridized carbons (Fsp3) is 0.235. The van der Waals surface area contributed by atoms with E-state index in [1.54, 1.807) is 6.07 Å². The van der Waals surface area contributed by atoms with E-state index in [0.29, 0.717) is 11.1 Å². The van der Waals surface area contributed by atoms with Crippen LogP contribution in [0.15, 0.2) is 57.1 Å². The Morgan fingerprint density at radius 3 is 2.30 bits per heavy atom. The van der Waals surface area contributed by atoms with Crippen molar-refractivity contribution in [3.8, 4) is 10.4 Å². The molecule has 0 N–H and O–H groups in total. The fourth-order valence-corrected chi connectivity index (χ4v) is 2.40. The Morgan fingerprint density at radius 1 is 0.950 bits per heavy atom. The summed E-state index contributed by atoms with van der Waals surface area (Å²) in [6, 6.07) is 13.3. The molecule has 3 aromatic rings. The quantitative estimate of drug-likeness (QED) is 0.548. The van der Waals surface area contributed by atoms with E-state index in [9.17, 15) is 4.79 Å². The third kappa shape index (κ3) is 3.58. The van der Waals surface area contributed by atoms with Crippen LogP contribution < -0.4 is 5.63 Å². The minimum absolute atomic E-state index is 0.277. The van der Waals surface area contributed by atoms with Crippen LogP contribution in [0.2, 0.25) is 0 Å². The highest BCUT2D eigenvalue weighted by molar-refractivity contribution is 7.13. The summed E-state index contributed by atoms with van der Waals surface area (Å²) in [6.45, 7) is 8.00. The lowest BCUT2D eigenvalue weighted by Crippen LogP contribution is -2.01. The van der Waals surface area contributed by atoms with E-state index in [4.69, 9.17) is 4.42 Å². The zero-order valence-electron chi connectivity index (χ0n) is 12.3. The minimum Gasteiger partial charge on any atom is -0.422 e. The first-order valence-electron chi connectivity index (χ1n) is 6.91. The number of para-hydroxylation sites is 1. The van der Waals surface area contributed by atoms with Crippen molar-refractivity contribution < 1.29 is 4.42 Å². The zero-order chi connectivity index (χ0) is 15.0. The molecule has 0 atom stereocenters. The molecule has 1 aromatic carbocycles. The summed E-state index contributed by atoms with van der Waals surface area (Å²) in [5.74, 6) is 0. The molecule has 20 heavy (non-hydrogen) atoms. The summed E-state index contributed by atoms with van der Waals surface area (Å²) in [5.41, 5.74) is 0.989. The van der Waals surface area contributed by atoms with E-state index in [0.717, 1.165) is 10.3 Å². The first-order valence-corrected chi connectivity index (χ1v) is 7.79. The molecule has 3 heteroatoms. The Kier molecular flexibility index (Phi) is 6.74. The maximum absolute atomic E-state index is 11.8. The highest BCUT2D eigenvalue weighted by Gasteiger charge is 2.07. The molecule has 3 rings (SSSR count). The highest BCUT2D eigenvalue weighted by Crippen LogP contribution is 2.24. The molecule has 0 aliphatic carbocycles. The molecular formula is C17H20O2S. The SMILES string of the molecule is CC.CC.O=c1oc2ccccc2cc1-c1cccs1. The van der Waals surface area contributed by atoms with E-state index < -0.39 is 0 Å². The lowest BCUT2D eigenvalue weighted by atomic mass is 10.1. The topological polar surface area (TPSA) is 30.2 Å². The van der Waals surface area contributed by atoms with Crippen molar-refractivity contribution in [2.24, 2.45) is 0 Å². The zero-order valence-corrected chi connectivity index (χ0v) is 13.2. The van der Waals surface area contributed by atoms with Crippen molar-refractivity contribution in [1.82, 2.24) is 0 Å². The molecule has 0 saturated heterocycles. The van der Waals surface area contributed by atoms with Gasteiger partial charge in [0.1, 0.15) is 5.58 Å². The van der Waals surface area contributed by atoms with Gasteiger partial charge in [0.25, 0.3) is 0 Å². The van der Waals surface area contributed by atoms with Gasteiger partial charge in [0, 0.05) is 10.3 Å². The summed E-state index contributed by atoms with van der Waals surface area (Å²) in [7, 11) is 0. The van der Waals surface area contributed by atoms with Gasteiger partial charge < -0.3 is 4.42 Å². The third-order valence-corrected chi connectivity index (χ3v) is 3.33. The Bertz CT molecular complexity index is 682. The third-order valence-electron chi connectivity index (χ3n) is 2.43. The lowest BCUT2D eigenvalue weighted by Gasteiger charge is -1.99. The van der Waals surface area contributed by atoms with E-state index in [1.807, 2.05) is 69.5 Å². The van der Waals surface area contributed by atoms with Crippen LogP contribution in [0.5, 0.6) is 0 Å². The first-order chi connectivity index (χ1) is 9.84. The second-order valence-electron chi connectivity index (χ2n) is 3.46. The molecule has 0 aliphatic rings. The molecule has 0 amide bonds. The molecule has 0 saturated carbocycles. The van der Waals surface area contributed by atoms with E-state index in [1.165, 1.54) is 11.3 Å². The van der Waals surface area contributed by atoms with Crippen molar-refractivity contribution in [2.45, 2.75) is 27.7 Å². The summed E-state index contributed by atoms with van der Waals surface area (Å²) in [6.07, 6.45) is 0. The minimum atomic E-state index is -0.277. The van der Waals surface area contributed by atoms with Crippen molar-refractivity contribution in [1.29, 1.82) is 0 Å². The van der Waals surface area contributed by atoms with Crippen molar-refractivity contribution in [2.75, 3.05) is 0 Å². The van der Waals surface area contributed by atoms with Gasteiger partial charge in [0.15, 0.2) is 0 Å². The number of hydrogen-bond acceptors (Lipinski definition) is 3. The summed E-state index contributed by atoms with van der Waals surface area (Å²) in [5, 5.41) is 2.90. The molecular weight excluding hydrogens is 268 g/mol. The predicted molar refractivity (Wildman–Crippen MR) is 88.5 cm³/mol. The molecule has 0 spiro atoms. The lowest BCUT2D eigenvalue weighted by molar-refractivity contribution is 0.564. The Morgan fingerprint density at radius 2 is 1.65 bits per heavy atom. The number of hydrogen-bond donors (Lipinski definition) is 0. The Balaban J connectivity index is 0.000000461. The molecule has 0 radical (unpaired) electrons. The average molecular weight is 288 g/mol. The van der Waals surface area contributed by atoms with E-state index in [2.05, 4.69) is 0 Å². The predicted octanol–water partition coefficient (Wildman–Crippen LogP) is 5.57. The second-order valence-corrected chi connectivity index (χ2v) is 4.41. The molecule has 0 fully saturated rings. The monoisotopic (exact) mass is 288 g/mol. The van der Waals surface area contributed by atoms with Gasteiger partial charge in [-0.1, -0.05) is 52.0 Å². The van der Waals surface area contributed by atoms with Gasteiger partial charge in [0.2, 0.25) is 0 Å². The Hall–Kier alpha value is -1.87. The number of fused-ring (bicyclic) bond motifs is 1. The van der Waals surface area contributed by atoms with Crippen molar-refractivity contribution >= 4 is 22.3 Å². The Labute approximate surface area is 123 Å². The molecule has 2 aromatic heterocycles. The van der Waals surface area contributed by atoms with Crippen LogP contribution in [0.4, 0.5) is 0 Å². The smallest absolute Gasteiger partial charge is 0.345 e. The van der Waals surface area contributed by atoms with Gasteiger partial charge in [0.05, 0.1) is 5.56 Å². The van der Waals surface area contributed by atoms with Crippen LogP contribution >= 0.6 is 11.3 Å². The highest BCUT2D eigenvalue weighted by atomic mass is 32.1. The number of rotatable bonds is 1. The number of thiophene rings is 1. The molecule has 106 valence electrons. The van der Waals surface area contributed by atoms with Crippen LogP contribution in [0.3, 0.4) is 0 Å². The van der Waals surface area contributed by atoms with Gasteiger partial charge in [-0.25, -0.2) is 4.79 Å². The molecule has 2 nitrogen and oxygen atoms in total. The van der Waals surface area contributed by atoms with Crippen LogP contribution in [0, 0.1) is 0 Å². The summed E-state index contributed by atoms with van der Waals surface area (Å²) >= 11 is 1.54. The van der Waals surface area contributed by atoms with Crippen LogP contribution in [0.1, 0.15) is 27.7 Å². The summed E-state index contributed by atoms with van der Waals surface area (Å²) in [4.78, 5) is 12.7. The number of benzene rings is 1. The van der Waals surface area contributed by atoms with Gasteiger partial charge >= 0.3 is 5.63 Å². The first kappa shape index (κ1) is 16.2. The fourth-order valence-electron chi connectivity index (χ4n) is 1.67. The van der Waals surface area contributed by atoms with Crippen LogP contribution in [0.25, 0.3) is 21.4 Å². The van der Waals surface area contributed by atoms with Gasteiger partial charge in [-0.2, -0.15) is 0 Å². The molecule has 0 unspecified atom stereocenters. The maximum atomic E-state index is 11.8. The maximum Gasteiger partial charge on any atom is 0.345 e. The van der Waals surface area contributed by atoms with E-state index >= 15 is 0 Å². The molecule has 0 aliphatic heterocycles. The average Bonchev–Trinajstić information content (AvgIpc) is 3.05. The standard InChI is InChI=1S/C13H8O2S.2C2H6/c14-13-10(12-6-3-7-16-12)8-9-4-1-2-5-11(9)15-13;2*1-2/h1-8H;2*1-2H3. The summed E-state index contributed by atoms with van der Waals surface area (Å²) < 4.78 is 5.27. The van der Waals surface area contributed by atoms with Crippen LogP contribution in [-0.2, 0) is 0 Å². The second kappa shape index (κ2) is 8.33. The van der Waals surface area contributed by atoms with Crippen molar-refractivity contribution in [3.05, 3.63) is 58.3 Å². The largest absolute Gasteiger partial charge is 0.422 e. The molecule has 0 bridgehead atoms.